The summed E-state index contributed by atoms with van der Waals surface area (Å²) in [7, 11) is 2.06. The zero-order chi connectivity index (χ0) is 16.5. The van der Waals surface area contributed by atoms with Crippen LogP contribution in [0, 0.1) is 0 Å². The zero-order valence-electron chi connectivity index (χ0n) is 14.0. The standard InChI is InChI=1S/C21H22N2O/c1-22-14-18(19-8-4-5-9-20(19)22)10-11-21(24)23-13-12-16-6-2-3-7-17(16)15-23/h2-9,14H,10-13,15H2,1H3. The maximum Gasteiger partial charge on any atom is 0.223 e. The number of benzene rings is 2. The Morgan fingerprint density at radius 1 is 1.04 bits per heavy atom. The van der Waals surface area contributed by atoms with E-state index in [9.17, 15) is 4.79 Å². The van der Waals surface area contributed by atoms with Crippen molar-refractivity contribution >= 4 is 16.8 Å². The summed E-state index contributed by atoms with van der Waals surface area (Å²) in [5.41, 5.74) is 5.17. The first-order chi connectivity index (χ1) is 11.7. The third kappa shape index (κ3) is 2.71. The Hall–Kier alpha value is -2.55. The van der Waals surface area contributed by atoms with E-state index >= 15 is 0 Å². The summed E-state index contributed by atoms with van der Waals surface area (Å²) in [6, 6.07) is 16.8. The first kappa shape index (κ1) is 15.0. The number of hydrogen-bond acceptors (Lipinski definition) is 1. The molecule has 0 N–H and O–H groups in total. The van der Waals surface area contributed by atoms with E-state index in [2.05, 4.69) is 66.3 Å². The molecule has 0 saturated heterocycles. The Balaban J connectivity index is 1.45. The van der Waals surface area contributed by atoms with Crippen molar-refractivity contribution in [3.05, 3.63) is 71.4 Å². The van der Waals surface area contributed by atoms with E-state index < -0.39 is 0 Å². The molecule has 0 fully saturated rings. The Labute approximate surface area is 142 Å². The predicted molar refractivity (Wildman–Crippen MR) is 96.8 cm³/mol. The van der Waals surface area contributed by atoms with Crippen LogP contribution >= 0.6 is 0 Å². The summed E-state index contributed by atoms with van der Waals surface area (Å²) in [6.07, 6.45) is 4.51. The van der Waals surface area contributed by atoms with E-state index in [1.54, 1.807) is 0 Å². The fraction of sp³-hybridized carbons (Fsp3) is 0.286. The molecule has 0 atom stereocenters. The molecule has 0 unspecified atom stereocenters. The lowest BCUT2D eigenvalue weighted by Crippen LogP contribution is -2.36. The molecular weight excluding hydrogens is 296 g/mol. The molecule has 122 valence electrons. The monoisotopic (exact) mass is 318 g/mol. The molecule has 2 aromatic carbocycles. The molecule has 3 heteroatoms. The fourth-order valence-corrected chi connectivity index (χ4v) is 3.73. The van der Waals surface area contributed by atoms with Crippen LogP contribution in [0.25, 0.3) is 10.9 Å². The second kappa shape index (κ2) is 6.16. The minimum Gasteiger partial charge on any atom is -0.350 e. The zero-order valence-corrected chi connectivity index (χ0v) is 14.0. The molecule has 0 radical (unpaired) electrons. The topological polar surface area (TPSA) is 25.2 Å². The SMILES string of the molecule is Cn1cc(CCC(=O)N2CCc3ccccc3C2)c2ccccc21. The van der Waals surface area contributed by atoms with Crippen molar-refractivity contribution in [2.24, 2.45) is 7.05 Å². The van der Waals surface area contributed by atoms with Crippen LogP contribution in [0.3, 0.4) is 0 Å². The van der Waals surface area contributed by atoms with Gasteiger partial charge in [0.15, 0.2) is 0 Å². The molecule has 3 aromatic rings. The van der Waals surface area contributed by atoms with Crippen molar-refractivity contribution in [1.29, 1.82) is 0 Å². The van der Waals surface area contributed by atoms with Crippen molar-refractivity contribution in [2.75, 3.05) is 6.54 Å². The molecule has 0 bridgehead atoms. The minimum atomic E-state index is 0.262. The van der Waals surface area contributed by atoms with Crippen LogP contribution in [0.1, 0.15) is 23.1 Å². The van der Waals surface area contributed by atoms with Crippen LogP contribution in [-0.2, 0) is 31.2 Å². The van der Waals surface area contributed by atoms with Crippen LogP contribution in [-0.4, -0.2) is 21.9 Å². The van der Waals surface area contributed by atoms with Gasteiger partial charge in [0.2, 0.25) is 5.91 Å². The van der Waals surface area contributed by atoms with Crippen molar-refractivity contribution < 1.29 is 4.79 Å². The number of aryl methyl sites for hydroxylation is 2. The van der Waals surface area contributed by atoms with Gasteiger partial charge >= 0.3 is 0 Å². The second-order valence-electron chi connectivity index (χ2n) is 6.62. The molecule has 0 aliphatic carbocycles. The van der Waals surface area contributed by atoms with Gasteiger partial charge in [-0.15, -0.1) is 0 Å². The van der Waals surface area contributed by atoms with Gasteiger partial charge in [-0.05, 0) is 35.6 Å². The maximum atomic E-state index is 12.6. The van der Waals surface area contributed by atoms with Crippen LogP contribution in [0.5, 0.6) is 0 Å². The molecule has 2 heterocycles. The molecule has 0 spiro atoms. The van der Waals surface area contributed by atoms with Gasteiger partial charge in [-0.3, -0.25) is 4.79 Å². The van der Waals surface area contributed by atoms with Gasteiger partial charge in [-0.1, -0.05) is 42.5 Å². The molecule has 1 aliphatic rings. The molecule has 1 aliphatic heterocycles. The first-order valence-electron chi connectivity index (χ1n) is 8.60. The van der Waals surface area contributed by atoms with Gasteiger partial charge in [0, 0.05) is 43.7 Å². The number of carbonyl (C=O) groups excluding carboxylic acids is 1. The average molecular weight is 318 g/mol. The summed E-state index contributed by atoms with van der Waals surface area (Å²) >= 11 is 0. The summed E-state index contributed by atoms with van der Waals surface area (Å²) in [4.78, 5) is 14.7. The highest BCUT2D eigenvalue weighted by Crippen LogP contribution is 2.23. The highest BCUT2D eigenvalue weighted by molar-refractivity contribution is 5.85. The highest BCUT2D eigenvalue weighted by atomic mass is 16.2. The third-order valence-corrected chi connectivity index (χ3v) is 5.07. The number of hydrogen-bond donors (Lipinski definition) is 0. The van der Waals surface area contributed by atoms with Crippen molar-refractivity contribution in [2.45, 2.75) is 25.8 Å². The maximum absolute atomic E-state index is 12.6. The number of carbonyl (C=O) groups is 1. The lowest BCUT2D eigenvalue weighted by Gasteiger charge is -2.29. The number of rotatable bonds is 3. The molecule has 1 amide bonds. The Morgan fingerprint density at radius 2 is 1.79 bits per heavy atom. The normalized spacial score (nSPS) is 14.0. The Morgan fingerprint density at radius 3 is 2.67 bits per heavy atom. The van der Waals surface area contributed by atoms with Gasteiger partial charge in [-0.25, -0.2) is 0 Å². The molecular formula is C21H22N2O. The number of para-hydroxylation sites is 1. The number of fused-ring (bicyclic) bond motifs is 2. The third-order valence-electron chi connectivity index (χ3n) is 5.07. The number of nitrogens with zero attached hydrogens (tertiary/aromatic N) is 2. The van der Waals surface area contributed by atoms with Gasteiger partial charge in [0.1, 0.15) is 0 Å². The van der Waals surface area contributed by atoms with E-state index in [4.69, 9.17) is 0 Å². The average Bonchev–Trinajstić information content (AvgIpc) is 2.95. The van der Waals surface area contributed by atoms with Gasteiger partial charge in [0.25, 0.3) is 0 Å². The number of aromatic nitrogens is 1. The largest absolute Gasteiger partial charge is 0.350 e. The van der Waals surface area contributed by atoms with E-state index in [0.29, 0.717) is 6.42 Å². The molecule has 24 heavy (non-hydrogen) atoms. The molecule has 4 rings (SSSR count). The lowest BCUT2D eigenvalue weighted by molar-refractivity contribution is -0.132. The number of amides is 1. The van der Waals surface area contributed by atoms with Gasteiger partial charge in [-0.2, -0.15) is 0 Å². The molecule has 0 saturated carbocycles. The van der Waals surface area contributed by atoms with E-state index in [1.807, 2.05) is 4.90 Å². The Bertz CT molecular complexity index is 894. The molecule has 3 nitrogen and oxygen atoms in total. The van der Waals surface area contributed by atoms with Crippen LogP contribution in [0.4, 0.5) is 0 Å². The van der Waals surface area contributed by atoms with Gasteiger partial charge < -0.3 is 9.47 Å². The quantitative estimate of drug-likeness (QED) is 0.723. The summed E-state index contributed by atoms with van der Waals surface area (Å²) in [6.45, 7) is 1.59. The van der Waals surface area contributed by atoms with Crippen molar-refractivity contribution in [3.63, 3.8) is 0 Å². The van der Waals surface area contributed by atoms with Crippen molar-refractivity contribution in [1.82, 2.24) is 9.47 Å². The van der Waals surface area contributed by atoms with Crippen LogP contribution in [0.15, 0.2) is 54.7 Å². The second-order valence-corrected chi connectivity index (χ2v) is 6.62. The summed E-state index contributed by atoms with van der Waals surface area (Å²) < 4.78 is 2.15. The lowest BCUT2D eigenvalue weighted by atomic mass is 9.99. The van der Waals surface area contributed by atoms with Gasteiger partial charge in [0.05, 0.1) is 0 Å². The Kier molecular flexibility index (Phi) is 3.85. The van der Waals surface area contributed by atoms with E-state index in [0.717, 1.165) is 25.9 Å². The first-order valence-corrected chi connectivity index (χ1v) is 8.60. The fourth-order valence-electron chi connectivity index (χ4n) is 3.73. The van der Waals surface area contributed by atoms with Crippen molar-refractivity contribution in [3.8, 4) is 0 Å². The molecule has 1 aromatic heterocycles. The van der Waals surface area contributed by atoms with E-state index in [-0.39, 0.29) is 5.91 Å². The minimum absolute atomic E-state index is 0.262. The van der Waals surface area contributed by atoms with Crippen LogP contribution < -0.4 is 0 Å². The smallest absolute Gasteiger partial charge is 0.223 e. The highest BCUT2D eigenvalue weighted by Gasteiger charge is 2.20. The van der Waals surface area contributed by atoms with E-state index in [1.165, 1.54) is 27.6 Å². The summed E-state index contributed by atoms with van der Waals surface area (Å²) in [5.74, 6) is 0.262. The van der Waals surface area contributed by atoms with Crippen LogP contribution in [0.2, 0.25) is 0 Å². The predicted octanol–water partition coefficient (Wildman–Crippen LogP) is 3.70. The summed E-state index contributed by atoms with van der Waals surface area (Å²) in [5, 5.41) is 1.26.